The fourth-order valence-electron chi connectivity index (χ4n) is 2.59. The van der Waals surface area contributed by atoms with Crippen LogP contribution in [0.3, 0.4) is 0 Å². The van der Waals surface area contributed by atoms with E-state index in [-0.39, 0.29) is 0 Å². The molecule has 108 valence electrons. The van der Waals surface area contributed by atoms with Crippen LogP contribution in [0.1, 0.15) is 16.7 Å². The minimum absolute atomic E-state index is 0.533. The highest BCUT2D eigenvalue weighted by Crippen LogP contribution is 2.45. The number of rotatable bonds is 4. The van der Waals surface area contributed by atoms with Gasteiger partial charge >= 0.3 is 0 Å². The molecular weight excluding hydrogens is 310 g/mol. The molecule has 2 nitrogen and oxygen atoms in total. The maximum absolute atomic E-state index is 6.00. The fourth-order valence-corrected chi connectivity index (χ4v) is 5.68. The summed E-state index contributed by atoms with van der Waals surface area (Å²) in [7, 11) is 1.71. The molecule has 1 aliphatic heterocycles. The molecular formula is C15H18ClNOS2. The molecule has 2 aromatic rings. The van der Waals surface area contributed by atoms with Crippen LogP contribution in [-0.2, 0) is 6.54 Å². The van der Waals surface area contributed by atoms with E-state index in [9.17, 15) is 0 Å². The molecule has 0 saturated carbocycles. The quantitative estimate of drug-likeness (QED) is 0.752. The molecule has 1 fully saturated rings. The SMILES string of the molecule is COc1ccc2c(c1)cc(C1SCCCS1)n2CCCl. The first-order valence-corrected chi connectivity index (χ1v) is 9.43. The van der Waals surface area contributed by atoms with E-state index in [1.54, 1.807) is 7.11 Å². The van der Waals surface area contributed by atoms with E-state index in [1.165, 1.54) is 34.5 Å². The maximum Gasteiger partial charge on any atom is 0.119 e. The number of fused-ring (bicyclic) bond motifs is 1. The highest BCUT2D eigenvalue weighted by atomic mass is 35.5. The number of nitrogens with zero attached hydrogens (tertiary/aromatic N) is 1. The number of hydrogen-bond acceptors (Lipinski definition) is 3. The van der Waals surface area contributed by atoms with Gasteiger partial charge in [-0.3, -0.25) is 0 Å². The first kappa shape index (κ1) is 14.5. The van der Waals surface area contributed by atoms with Crippen molar-refractivity contribution < 1.29 is 4.74 Å². The highest BCUT2D eigenvalue weighted by molar-refractivity contribution is 8.16. The van der Waals surface area contributed by atoms with Crippen molar-refractivity contribution in [2.75, 3.05) is 24.5 Å². The summed E-state index contributed by atoms with van der Waals surface area (Å²) in [5.41, 5.74) is 2.65. The maximum atomic E-state index is 6.00. The predicted octanol–water partition coefficient (Wildman–Crippen LogP) is 4.76. The summed E-state index contributed by atoms with van der Waals surface area (Å²) in [6.07, 6.45) is 1.31. The number of methoxy groups -OCH3 is 1. The molecule has 0 amide bonds. The Morgan fingerprint density at radius 3 is 2.80 bits per heavy atom. The van der Waals surface area contributed by atoms with Crippen LogP contribution in [0.2, 0.25) is 0 Å². The van der Waals surface area contributed by atoms with Crippen LogP contribution in [0.5, 0.6) is 5.75 Å². The van der Waals surface area contributed by atoms with Crippen LogP contribution in [0.15, 0.2) is 24.3 Å². The monoisotopic (exact) mass is 327 g/mol. The molecule has 1 saturated heterocycles. The Kier molecular flexibility index (Phi) is 4.74. The standard InChI is InChI=1S/C15H18ClNOS2/c1-18-12-3-4-13-11(9-12)10-14(17(13)6-5-16)15-19-7-2-8-20-15/h3-4,9-10,15H,2,5-8H2,1H3. The van der Waals surface area contributed by atoms with Gasteiger partial charge in [0, 0.05) is 29.0 Å². The Morgan fingerprint density at radius 1 is 1.30 bits per heavy atom. The smallest absolute Gasteiger partial charge is 0.119 e. The molecule has 0 unspecified atom stereocenters. The summed E-state index contributed by atoms with van der Waals surface area (Å²) >= 11 is 10.1. The second-order valence-corrected chi connectivity index (χ2v) is 7.86. The van der Waals surface area contributed by atoms with Gasteiger partial charge in [-0.1, -0.05) is 0 Å². The molecule has 0 radical (unpaired) electrons. The molecule has 5 heteroatoms. The Bertz CT molecular complexity index is 593. The third-order valence-corrected chi connectivity index (χ3v) is 6.64. The van der Waals surface area contributed by atoms with Crippen molar-refractivity contribution in [3.05, 3.63) is 30.0 Å². The molecule has 1 aromatic heterocycles. The average molecular weight is 328 g/mol. The lowest BCUT2D eigenvalue weighted by Crippen LogP contribution is -2.08. The minimum Gasteiger partial charge on any atom is -0.497 e. The van der Waals surface area contributed by atoms with Gasteiger partial charge in [-0.05, 0) is 42.2 Å². The van der Waals surface area contributed by atoms with E-state index in [4.69, 9.17) is 16.3 Å². The van der Waals surface area contributed by atoms with Crippen molar-refractivity contribution in [2.24, 2.45) is 0 Å². The summed E-state index contributed by atoms with van der Waals surface area (Å²) < 4.78 is 8.24. The van der Waals surface area contributed by atoms with Crippen molar-refractivity contribution in [3.63, 3.8) is 0 Å². The zero-order chi connectivity index (χ0) is 13.9. The molecule has 0 spiro atoms. The third kappa shape index (κ3) is 2.78. The largest absolute Gasteiger partial charge is 0.497 e. The summed E-state index contributed by atoms with van der Waals surface area (Å²) in [5, 5.41) is 1.25. The van der Waals surface area contributed by atoms with Crippen molar-refractivity contribution in [3.8, 4) is 5.75 Å². The Hall–Kier alpha value is -0.450. The first-order chi connectivity index (χ1) is 9.83. The normalized spacial score (nSPS) is 16.7. The van der Waals surface area contributed by atoms with Crippen molar-refractivity contribution >= 4 is 46.0 Å². The van der Waals surface area contributed by atoms with Gasteiger partial charge in [-0.25, -0.2) is 0 Å². The number of aryl methyl sites for hydroxylation is 1. The van der Waals surface area contributed by atoms with E-state index in [1.807, 2.05) is 29.6 Å². The number of halogens is 1. The third-order valence-electron chi connectivity index (χ3n) is 3.52. The van der Waals surface area contributed by atoms with E-state index in [0.717, 1.165) is 12.3 Å². The van der Waals surface area contributed by atoms with Gasteiger partial charge in [0.2, 0.25) is 0 Å². The molecule has 1 aromatic carbocycles. The molecule has 2 heterocycles. The zero-order valence-electron chi connectivity index (χ0n) is 11.5. The summed E-state index contributed by atoms with van der Waals surface area (Å²) in [4.78, 5) is 0. The number of ether oxygens (including phenoxy) is 1. The van der Waals surface area contributed by atoms with Gasteiger partial charge in [0.05, 0.1) is 11.7 Å². The van der Waals surface area contributed by atoms with Crippen LogP contribution in [-0.4, -0.2) is 29.1 Å². The first-order valence-electron chi connectivity index (χ1n) is 6.80. The number of hydrogen-bond donors (Lipinski definition) is 0. The fraction of sp³-hybridized carbons (Fsp3) is 0.467. The lowest BCUT2D eigenvalue weighted by Gasteiger charge is -2.22. The van der Waals surface area contributed by atoms with E-state index >= 15 is 0 Å². The number of alkyl halides is 1. The highest BCUT2D eigenvalue weighted by Gasteiger charge is 2.21. The lowest BCUT2D eigenvalue weighted by atomic mass is 10.2. The van der Waals surface area contributed by atoms with Crippen LogP contribution in [0.25, 0.3) is 10.9 Å². The predicted molar refractivity (Wildman–Crippen MR) is 91.5 cm³/mol. The van der Waals surface area contributed by atoms with Gasteiger partial charge in [0.25, 0.3) is 0 Å². The van der Waals surface area contributed by atoms with E-state index in [2.05, 4.69) is 22.8 Å². The van der Waals surface area contributed by atoms with Crippen LogP contribution >= 0.6 is 35.1 Å². The number of benzene rings is 1. The summed E-state index contributed by atoms with van der Waals surface area (Å²) in [6, 6.07) is 8.59. The van der Waals surface area contributed by atoms with Gasteiger partial charge in [-0.2, -0.15) is 0 Å². The molecule has 0 atom stereocenters. The Balaban J connectivity index is 2.06. The Morgan fingerprint density at radius 2 is 2.10 bits per heavy atom. The zero-order valence-corrected chi connectivity index (χ0v) is 13.9. The van der Waals surface area contributed by atoms with E-state index < -0.39 is 0 Å². The minimum atomic E-state index is 0.533. The number of thioether (sulfide) groups is 2. The number of aromatic nitrogens is 1. The van der Waals surface area contributed by atoms with Crippen LogP contribution in [0, 0.1) is 0 Å². The van der Waals surface area contributed by atoms with Crippen molar-refractivity contribution in [1.82, 2.24) is 4.57 Å². The van der Waals surface area contributed by atoms with Gasteiger partial charge < -0.3 is 9.30 Å². The topological polar surface area (TPSA) is 14.2 Å². The van der Waals surface area contributed by atoms with Crippen molar-refractivity contribution in [2.45, 2.75) is 17.5 Å². The second kappa shape index (κ2) is 6.54. The van der Waals surface area contributed by atoms with Crippen LogP contribution < -0.4 is 4.74 Å². The molecule has 0 aliphatic carbocycles. The summed E-state index contributed by atoms with van der Waals surface area (Å²) in [5.74, 6) is 4.06. The average Bonchev–Trinajstić information content (AvgIpc) is 2.86. The van der Waals surface area contributed by atoms with Crippen molar-refractivity contribution in [1.29, 1.82) is 0 Å². The van der Waals surface area contributed by atoms with E-state index in [0.29, 0.717) is 10.5 Å². The molecule has 0 bridgehead atoms. The molecule has 20 heavy (non-hydrogen) atoms. The molecule has 0 N–H and O–H groups in total. The van der Waals surface area contributed by atoms with Gasteiger partial charge in [0.1, 0.15) is 5.75 Å². The summed E-state index contributed by atoms with van der Waals surface area (Å²) in [6.45, 7) is 0.865. The second-order valence-electron chi connectivity index (χ2n) is 4.76. The van der Waals surface area contributed by atoms with Gasteiger partial charge in [-0.15, -0.1) is 35.1 Å². The Labute approximate surface area is 133 Å². The van der Waals surface area contributed by atoms with Gasteiger partial charge in [0.15, 0.2) is 0 Å². The lowest BCUT2D eigenvalue weighted by molar-refractivity contribution is 0.415. The molecule has 3 rings (SSSR count). The van der Waals surface area contributed by atoms with Crippen LogP contribution in [0.4, 0.5) is 0 Å². The molecule has 1 aliphatic rings.